The second-order valence-corrected chi connectivity index (χ2v) is 5.12. The lowest BCUT2D eigenvalue weighted by molar-refractivity contribution is -0.145. The van der Waals surface area contributed by atoms with Gasteiger partial charge in [-0.25, -0.2) is 4.79 Å². The number of Topliss-reactive ketones (excluding diaryl/α,β-unsaturated/α-hetero) is 1. The Morgan fingerprint density at radius 3 is 2.65 bits per heavy atom. The fraction of sp³-hybridized carbons (Fsp3) is 0.429. The summed E-state index contributed by atoms with van der Waals surface area (Å²) in [4.78, 5) is 23.7. The Bertz CT molecular complexity index is 476. The van der Waals surface area contributed by atoms with Crippen LogP contribution < -0.4 is 10.5 Å². The molecule has 1 aromatic carbocycles. The molecule has 110 valence electrons. The molecule has 0 fully saturated rings. The van der Waals surface area contributed by atoms with Crippen LogP contribution in [0.5, 0.6) is 5.75 Å². The minimum Gasteiger partial charge on any atom is -0.481 e. The van der Waals surface area contributed by atoms with Gasteiger partial charge in [-0.3, -0.25) is 4.79 Å². The zero-order chi connectivity index (χ0) is 15.0. The van der Waals surface area contributed by atoms with E-state index >= 15 is 0 Å². The predicted molar refractivity (Wildman–Crippen MR) is 78.4 cm³/mol. The van der Waals surface area contributed by atoms with Crippen LogP contribution in [0.3, 0.4) is 0 Å². The van der Waals surface area contributed by atoms with Gasteiger partial charge in [0.15, 0.2) is 12.4 Å². The van der Waals surface area contributed by atoms with E-state index in [1.165, 1.54) is 11.8 Å². The van der Waals surface area contributed by atoms with Crippen LogP contribution in [0.2, 0.25) is 0 Å². The first kappa shape index (κ1) is 16.5. The maximum Gasteiger partial charge on any atom is 0.344 e. The van der Waals surface area contributed by atoms with Crippen molar-refractivity contribution in [2.24, 2.45) is 5.73 Å². The minimum atomic E-state index is -0.415. The Labute approximate surface area is 122 Å². The first-order chi connectivity index (χ1) is 9.62. The standard InChI is InChI=1S/C14H19NO4S/c1-3-18-14(17)9-19-12-6-5-10(11(16)8-15)7-13(12)20-4-2/h5-7H,3-4,8-9,15H2,1-2H3. The second-order valence-electron chi connectivity index (χ2n) is 3.82. The normalized spacial score (nSPS) is 10.2. The zero-order valence-corrected chi connectivity index (χ0v) is 12.5. The van der Waals surface area contributed by atoms with Crippen molar-refractivity contribution in [3.63, 3.8) is 0 Å². The molecular weight excluding hydrogens is 278 g/mol. The van der Waals surface area contributed by atoms with E-state index in [1.807, 2.05) is 6.92 Å². The van der Waals surface area contributed by atoms with Crippen LogP contribution in [-0.4, -0.2) is 37.3 Å². The van der Waals surface area contributed by atoms with Crippen molar-refractivity contribution in [1.82, 2.24) is 0 Å². The average molecular weight is 297 g/mol. The quantitative estimate of drug-likeness (QED) is 0.448. The maximum absolute atomic E-state index is 11.6. The molecule has 0 aromatic heterocycles. The third kappa shape index (κ3) is 4.86. The highest BCUT2D eigenvalue weighted by molar-refractivity contribution is 7.99. The zero-order valence-electron chi connectivity index (χ0n) is 11.7. The van der Waals surface area contributed by atoms with Crippen LogP contribution >= 0.6 is 11.8 Å². The van der Waals surface area contributed by atoms with Gasteiger partial charge in [0.1, 0.15) is 5.75 Å². The highest BCUT2D eigenvalue weighted by Gasteiger charge is 2.11. The number of rotatable bonds is 8. The molecule has 0 unspecified atom stereocenters. The summed E-state index contributed by atoms with van der Waals surface area (Å²) in [5, 5.41) is 0. The Balaban J connectivity index is 2.84. The van der Waals surface area contributed by atoms with Crippen molar-refractivity contribution >= 4 is 23.5 Å². The van der Waals surface area contributed by atoms with Crippen LogP contribution in [-0.2, 0) is 9.53 Å². The van der Waals surface area contributed by atoms with Crippen LogP contribution in [0.4, 0.5) is 0 Å². The van der Waals surface area contributed by atoms with Crippen LogP contribution in [0.25, 0.3) is 0 Å². The summed E-state index contributed by atoms with van der Waals surface area (Å²) < 4.78 is 10.2. The average Bonchev–Trinajstić information content (AvgIpc) is 2.45. The lowest BCUT2D eigenvalue weighted by Gasteiger charge is -2.11. The van der Waals surface area contributed by atoms with Crippen molar-refractivity contribution in [3.05, 3.63) is 23.8 Å². The molecule has 0 atom stereocenters. The number of hydrogen-bond acceptors (Lipinski definition) is 6. The molecule has 20 heavy (non-hydrogen) atoms. The number of benzene rings is 1. The van der Waals surface area contributed by atoms with E-state index in [4.69, 9.17) is 15.2 Å². The first-order valence-corrected chi connectivity index (χ1v) is 7.39. The van der Waals surface area contributed by atoms with Gasteiger partial charge in [0, 0.05) is 5.56 Å². The second kappa shape index (κ2) is 8.60. The Kier molecular flexibility index (Phi) is 7.11. The lowest BCUT2D eigenvalue weighted by Crippen LogP contribution is -2.16. The fourth-order valence-electron chi connectivity index (χ4n) is 1.53. The summed E-state index contributed by atoms with van der Waals surface area (Å²) in [6.07, 6.45) is 0. The van der Waals surface area contributed by atoms with Gasteiger partial charge in [-0.1, -0.05) is 6.92 Å². The summed E-state index contributed by atoms with van der Waals surface area (Å²) in [5.41, 5.74) is 5.90. The summed E-state index contributed by atoms with van der Waals surface area (Å²) in [7, 11) is 0. The van der Waals surface area contributed by atoms with Gasteiger partial charge in [0.25, 0.3) is 0 Å². The van der Waals surface area contributed by atoms with E-state index in [1.54, 1.807) is 25.1 Å². The Morgan fingerprint density at radius 1 is 1.30 bits per heavy atom. The third-order valence-corrected chi connectivity index (χ3v) is 3.32. The van der Waals surface area contributed by atoms with Crippen molar-refractivity contribution in [3.8, 4) is 5.75 Å². The van der Waals surface area contributed by atoms with Gasteiger partial charge in [-0.05, 0) is 30.9 Å². The number of nitrogens with two attached hydrogens (primary N) is 1. The molecule has 1 aromatic rings. The van der Waals surface area contributed by atoms with Gasteiger partial charge in [0.2, 0.25) is 0 Å². The fourth-order valence-corrected chi connectivity index (χ4v) is 2.32. The molecule has 0 aliphatic carbocycles. The van der Waals surface area contributed by atoms with Gasteiger partial charge in [-0.2, -0.15) is 0 Å². The Hall–Kier alpha value is -1.53. The molecule has 0 saturated carbocycles. The molecule has 0 aliphatic heterocycles. The van der Waals surface area contributed by atoms with E-state index in [9.17, 15) is 9.59 Å². The maximum atomic E-state index is 11.6. The van der Waals surface area contributed by atoms with E-state index in [0.717, 1.165) is 10.6 Å². The SMILES string of the molecule is CCOC(=O)COc1ccc(C(=O)CN)cc1SCC. The molecule has 0 radical (unpaired) electrons. The van der Waals surface area contributed by atoms with E-state index in [0.29, 0.717) is 17.9 Å². The number of ketones is 1. The summed E-state index contributed by atoms with van der Waals surface area (Å²) in [6.45, 7) is 3.89. The van der Waals surface area contributed by atoms with E-state index in [-0.39, 0.29) is 18.9 Å². The van der Waals surface area contributed by atoms with Crippen molar-refractivity contribution in [2.75, 3.05) is 25.5 Å². The minimum absolute atomic E-state index is 0.0285. The van der Waals surface area contributed by atoms with Gasteiger partial charge in [0.05, 0.1) is 18.0 Å². The molecule has 6 heteroatoms. The molecule has 0 heterocycles. The summed E-state index contributed by atoms with van der Waals surface area (Å²) >= 11 is 1.54. The number of esters is 1. The highest BCUT2D eigenvalue weighted by atomic mass is 32.2. The molecule has 0 spiro atoms. The molecule has 1 rings (SSSR count). The highest BCUT2D eigenvalue weighted by Crippen LogP contribution is 2.30. The van der Waals surface area contributed by atoms with Crippen molar-refractivity contribution < 1.29 is 19.1 Å². The molecule has 0 bridgehead atoms. The number of carbonyl (C=O) groups excluding carboxylic acids is 2. The summed E-state index contributed by atoms with van der Waals surface area (Å²) in [6, 6.07) is 5.07. The van der Waals surface area contributed by atoms with Crippen LogP contribution in [0.15, 0.2) is 23.1 Å². The van der Waals surface area contributed by atoms with Crippen LogP contribution in [0.1, 0.15) is 24.2 Å². The van der Waals surface area contributed by atoms with Gasteiger partial charge < -0.3 is 15.2 Å². The number of hydrogen-bond donors (Lipinski definition) is 1. The predicted octanol–water partition coefficient (Wildman–Crippen LogP) is 1.88. The van der Waals surface area contributed by atoms with Crippen molar-refractivity contribution in [1.29, 1.82) is 0 Å². The Morgan fingerprint density at radius 2 is 2.05 bits per heavy atom. The smallest absolute Gasteiger partial charge is 0.344 e. The number of carbonyl (C=O) groups is 2. The summed E-state index contributed by atoms with van der Waals surface area (Å²) in [5.74, 6) is 0.858. The monoisotopic (exact) mass is 297 g/mol. The molecule has 0 saturated heterocycles. The van der Waals surface area contributed by atoms with Gasteiger partial charge >= 0.3 is 5.97 Å². The van der Waals surface area contributed by atoms with Crippen molar-refractivity contribution in [2.45, 2.75) is 18.7 Å². The first-order valence-electron chi connectivity index (χ1n) is 6.40. The lowest BCUT2D eigenvalue weighted by atomic mass is 10.1. The molecule has 5 nitrogen and oxygen atoms in total. The largest absolute Gasteiger partial charge is 0.481 e. The topological polar surface area (TPSA) is 78.6 Å². The van der Waals surface area contributed by atoms with E-state index < -0.39 is 5.97 Å². The number of ether oxygens (including phenoxy) is 2. The van der Waals surface area contributed by atoms with Gasteiger partial charge in [-0.15, -0.1) is 11.8 Å². The third-order valence-electron chi connectivity index (χ3n) is 2.40. The molecule has 0 aliphatic rings. The van der Waals surface area contributed by atoms with Crippen LogP contribution in [0, 0.1) is 0 Å². The molecule has 2 N–H and O–H groups in total. The van der Waals surface area contributed by atoms with E-state index in [2.05, 4.69) is 0 Å². The molecular formula is C14H19NO4S. The molecule has 0 amide bonds. The number of thioether (sulfide) groups is 1.